The molecule has 0 spiro atoms. The van der Waals surface area contributed by atoms with Gasteiger partial charge in [-0.1, -0.05) is 12.1 Å². The van der Waals surface area contributed by atoms with E-state index in [0.29, 0.717) is 13.1 Å². The maximum atomic E-state index is 12.7. The Balaban J connectivity index is 1.94. The summed E-state index contributed by atoms with van der Waals surface area (Å²) in [6, 6.07) is 5.95. The van der Waals surface area contributed by atoms with E-state index in [-0.39, 0.29) is 18.1 Å². The molecule has 4 heteroatoms. The number of β-amino-alcohol motifs (C(OH)–C–C–N with tert-alkyl or cyclic N) is 1. The molecule has 1 saturated heterocycles. The second kappa shape index (κ2) is 5.27. The number of nitrogens with zero attached hydrogens (tertiary/aromatic N) is 1. The Bertz CT molecular complexity index is 391. The van der Waals surface area contributed by atoms with Crippen molar-refractivity contribution in [3.8, 4) is 0 Å². The highest BCUT2D eigenvalue weighted by molar-refractivity contribution is 5.78. The lowest BCUT2D eigenvalue weighted by Crippen LogP contribution is -2.42. The van der Waals surface area contributed by atoms with Gasteiger partial charge < -0.3 is 10.0 Å². The van der Waals surface area contributed by atoms with Crippen LogP contribution in [-0.4, -0.2) is 35.1 Å². The number of likely N-dealkylation sites (tertiary alicyclic amines) is 1. The molecule has 0 radical (unpaired) electrons. The van der Waals surface area contributed by atoms with Gasteiger partial charge in [0, 0.05) is 13.1 Å². The molecule has 0 aliphatic carbocycles. The number of rotatable bonds is 2. The molecule has 0 aromatic heterocycles. The lowest BCUT2D eigenvalue weighted by Gasteiger charge is -2.30. The molecule has 1 aromatic rings. The predicted molar refractivity (Wildman–Crippen MR) is 61.9 cm³/mol. The molecule has 3 nitrogen and oxygen atoms in total. The van der Waals surface area contributed by atoms with Crippen molar-refractivity contribution in [2.45, 2.75) is 25.4 Å². The van der Waals surface area contributed by atoms with Crippen LogP contribution in [0.3, 0.4) is 0 Å². The molecular formula is C13H16FNO2. The van der Waals surface area contributed by atoms with Crippen molar-refractivity contribution >= 4 is 5.91 Å². The van der Waals surface area contributed by atoms with Crippen molar-refractivity contribution < 1.29 is 14.3 Å². The number of hydrogen-bond acceptors (Lipinski definition) is 2. The fourth-order valence-electron chi connectivity index (χ4n) is 2.07. The molecule has 0 bridgehead atoms. The van der Waals surface area contributed by atoms with Crippen molar-refractivity contribution in [2.75, 3.05) is 13.1 Å². The molecule has 2 rings (SSSR count). The molecule has 1 atom stereocenters. The molecule has 1 N–H and O–H groups in total. The third kappa shape index (κ3) is 3.27. The number of aliphatic hydroxyl groups is 1. The van der Waals surface area contributed by atoms with E-state index < -0.39 is 6.10 Å². The summed E-state index contributed by atoms with van der Waals surface area (Å²) >= 11 is 0. The normalized spacial score (nSPS) is 20.4. The number of halogens is 1. The van der Waals surface area contributed by atoms with Gasteiger partial charge in [0.25, 0.3) is 0 Å². The van der Waals surface area contributed by atoms with E-state index in [2.05, 4.69) is 0 Å². The number of aliphatic hydroxyl groups excluding tert-OH is 1. The quantitative estimate of drug-likeness (QED) is 0.843. The Kier molecular flexibility index (Phi) is 3.74. The number of carbonyl (C=O) groups excluding carboxylic acids is 1. The van der Waals surface area contributed by atoms with Gasteiger partial charge in [-0.3, -0.25) is 4.79 Å². The fraction of sp³-hybridized carbons (Fsp3) is 0.462. The monoisotopic (exact) mass is 237 g/mol. The summed E-state index contributed by atoms with van der Waals surface area (Å²) in [5.41, 5.74) is 0.802. The van der Waals surface area contributed by atoms with Gasteiger partial charge in [-0.05, 0) is 30.5 Å². The molecule has 1 fully saturated rings. The van der Waals surface area contributed by atoms with Gasteiger partial charge in [0.15, 0.2) is 0 Å². The number of carbonyl (C=O) groups is 1. The van der Waals surface area contributed by atoms with E-state index in [0.717, 1.165) is 18.4 Å². The largest absolute Gasteiger partial charge is 0.391 e. The van der Waals surface area contributed by atoms with Crippen molar-refractivity contribution in [1.29, 1.82) is 0 Å². The standard InChI is InChI=1S/C13H16FNO2/c14-11-5-3-10(4-6-11)8-13(17)15-7-1-2-12(16)9-15/h3-6,12,16H,1-2,7-9H2. The van der Waals surface area contributed by atoms with E-state index >= 15 is 0 Å². The second-order valence-corrected chi connectivity index (χ2v) is 4.44. The smallest absolute Gasteiger partial charge is 0.227 e. The van der Waals surface area contributed by atoms with E-state index in [9.17, 15) is 14.3 Å². The van der Waals surface area contributed by atoms with Crippen molar-refractivity contribution in [1.82, 2.24) is 4.90 Å². The maximum Gasteiger partial charge on any atom is 0.227 e. The first-order valence-electron chi connectivity index (χ1n) is 5.85. The van der Waals surface area contributed by atoms with Gasteiger partial charge in [0.2, 0.25) is 5.91 Å². The average Bonchev–Trinajstić information content (AvgIpc) is 2.32. The summed E-state index contributed by atoms with van der Waals surface area (Å²) in [4.78, 5) is 13.6. The Morgan fingerprint density at radius 1 is 1.41 bits per heavy atom. The van der Waals surface area contributed by atoms with Gasteiger partial charge in [-0.2, -0.15) is 0 Å². The van der Waals surface area contributed by atoms with Crippen molar-refractivity contribution in [3.63, 3.8) is 0 Å². The van der Waals surface area contributed by atoms with Gasteiger partial charge in [-0.25, -0.2) is 4.39 Å². The summed E-state index contributed by atoms with van der Waals surface area (Å²) in [6.07, 6.45) is 1.48. The van der Waals surface area contributed by atoms with Crippen LogP contribution in [0.5, 0.6) is 0 Å². The van der Waals surface area contributed by atoms with E-state index in [1.54, 1.807) is 17.0 Å². The van der Waals surface area contributed by atoms with E-state index in [1.807, 2.05) is 0 Å². The number of amides is 1. The summed E-state index contributed by atoms with van der Waals surface area (Å²) in [7, 11) is 0. The minimum atomic E-state index is -0.402. The van der Waals surface area contributed by atoms with Crippen LogP contribution in [0, 0.1) is 5.82 Å². The molecule has 1 aliphatic rings. The third-order valence-electron chi connectivity index (χ3n) is 3.02. The van der Waals surface area contributed by atoms with Crippen molar-refractivity contribution in [3.05, 3.63) is 35.6 Å². The second-order valence-electron chi connectivity index (χ2n) is 4.44. The van der Waals surface area contributed by atoms with Crippen LogP contribution in [0.25, 0.3) is 0 Å². The molecule has 0 saturated carbocycles. The Labute approximate surface area is 99.9 Å². The SMILES string of the molecule is O=C(Cc1ccc(F)cc1)N1CCCC(O)C1. The van der Waals surface area contributed by atoms with Gasteiger partial charge in [0.1, 0.15) is 5.82 Å². The molecule has 1 aromatic carbocycles. The van der Waals surface area contributed by atoms with Crippen LogP contribution in [0.15, 0.2) is 24.3 Å². The van der Waals surface area contributed by atoms with E-state index in [4.69, 9.17) is 0 Å². The Hall–Kier alpha value is -1.42. The topological polar surface area (TPSA) is 40.5 Å². The molecule has 1 aliphatic heterocycles. The van der Waals surface area contributed by atoms with Crippen LogP contribution in [0.2, 0.25) is 0 Å². The first-order valence-corrected chi connectivity index (χ1v) is 5.85. The number of hydrogen-bond donors (Lipinski definition) is 1. The highest BCUT2D eigenvalue weighted by Gasteiger charge is 2.21. The third-order valence-corrected chi connectivity index (χ3v) is 3.02. The first kappa shape index (κ1) is 12.0. The zero-order chi connectivity index (χ0) is 12.3. The lowest BCUT2D eigenvalue weighted by atomic mass is 10.1. The summed E-state index contributed by atoms with van der Waals surface area (Å²) in [5, 5.41) is 9.49. The highest BCUT2D eigenvalue weighted by atomic mass is 19.1. The van der Waals surface area contributed by atoms with Crippen molar-refractivity contribution in [2.24, 2.45) is 0 Å². The Morgan fingerprint density at radius 2 is 2.12 bits per heavy atom. The Morgan fingerprint density at radius 3 is 2.76 bits per heavy atom. The molecular weight excluding hydrogens is 221 g/mol. The molecule has 92 valence electrons. The maximum absolute atomic E-state index is 12.7. The number of benzene rings is 1. The van der Waals surface area contributed by atoms with Gasteiger partial charge in [-0.15, -0.1) is 0 Å². The van der Waals surface area contributed by atoms with Gasteiger partial charge >= 0.3 is 0 Å². The van der Waals surface area contributed by atoms with Crippen LogP contribution in [0.4, 0.5) is 4.39 Å². The minimum Gasteiger partial charge on any atom is -0.391 e. The zero-order valence-corrected chi connectivity index (χ0v) is 9.60. The summed E-state index contributed by atoms with van der Waals surface area (Å²) in [5.74, 6) is -0.301. The predicted octanol–water partition coefficient (Wildman–Crippen LogP) is 1.35. The van der Waals surface area contributed by atoms with Crippen LogP contribution < -0.4 is 0 Å². The zero-order valence-electron chi connectivity index (χ0n) is 9.60. The average molecular weight is 237 g/mol. The van der Waals surface area contributed by atoms with Gasteiger partial charge in [0.05, 0.1) is 12.5 Å². The minimum absolute atomic E-state index is 0.00430. The summed E-state index contributed by atoms with van der Waals surface area (Å²) in [6.45, 7) is 1.12. The molecule has 1 heterocycles. The summed E-state index contributed by atoms with van der Waals surface area (Å²) < 4.78 is 12.7. The molecule has 1 amide bonds. The molecule has 17 heavy (non-hydrogen) atoms. The molecule has 1 unspecified atom stereocenters. The van der Waals surface area contributed by atoms with Crippen LogP contribution in [-0.2, 0) is 11.2 Å². The first-order chi connectivity index (χ1) is 8.15. The van der Waals surface area contributed by atoms with Crippen LogP contribution >= 0.6 is 0 Å². The van der Waals surface area contributed by atoms with Crippen LogP contribution in [0.1, 0.15) is 18.4 Å². The number of piperidine rings is 1. The van der Waals surface area contributed by atoms with E-state index in [1.165, 1.54) is 12.1 Å². The fourth-order valence-corrected chi connectivity index (χ4v) is 2.07. The lowest BCUT2D eigenvalue weighted by molar-refractivity contribution is -0.133. The highest BCUT2D eigenvalue weighted by Crippen LogP contribution is 2.12.